The molecule has 0 saturated carbocycles. The number of hydrogen-bond donors (Lipinski definition) is 4. The molecule has 0 fully saturated rings. The van der Waals surface area contributed by atoms with Crippen molar-refractivity contribution in [3.63, 3.8) is 0 Å². The van der Waals surface area contributed by atoms with Crippen molar-refractivity contribution in [2.24, 2.45) is 0 Å². The molecule has 6 nitrogen and oxygen atoms in total. The van der Waals surface area contributed by atoms with Gasteiger partial charge in [-0.2, -0.15) is 0 Å². The summed E-state index contributed by atoms with van der Waals surface area (Å²) in [6.07, 6.45) is 1.43. The highest BCUT2D eigenvalue weighted by Crippen LogP contribution is 2.22. The summed E-state index contributed by atoms with van der Waals surface area (Å²) in [7, 11) is 1.42. The van der Waals surface area contributed by atoms with Crippen molar-refractivity contribution in [3.8, 4) is 5.75 Å². The molecule has 70 valence electrons. The third kappa shape index (κ3) is 1.67. The third-order valence-corrected chi connectivity index (χ3v) is 1.52. The number of hydroxylamine groups is 1. The number of nitrogens with two attached hydrogens (primary N) is 1. The van der Waals surface area contributed by atoms with E-state index in [0.717, 1.165) is 0 Å². The average Bonchev–Trinajstić information content (AvgIpc) is 2.16. The number of methoxy groups -OCH3 is 1. The van der Waals surface area contributed by atoms with Gasteiger partial charge in [0.2, 0.25) is 0 Å². The predicted octanol–water partition coefficient (Wildman–Crippen LogP) is -0.0234. The van der Waals surface area contributed by atoms with Crippen LogP contribution in [0.25, 0.3) is 0 Å². The molecule has 0 aromatic carbocycles. The molecule has 0 spiro atoms. The quantitative estimate of drug-likeness (QED) is 0.292. The van der Waals surface area contributed by atoms with E-state index in [4.69, 9.17) is 21.1 Å². The molecular formula is C7H10N4O2. The number of hydrogen-bond acceptors (Lipinski definition) is 5. The minimum absolute atomic E-state index is 0.181. The van der Waals surface area contributed by atoms with Gasteiger partial charge in [0.1, 0.15) is 0 Å². The molecule has 0 bridgehead atoms. The second-order valence-corrected chi connectivity index (χ2v) is 2.26. The van der Waals surface area contributed by atoms with Crippen molar-refractivity contribution in [1.29, 1.82) is 5.41 Å². The fourth-order valence-corrected chi connectivity index (χ4v) is 0.936. The molecule has 1 aromatic heterocycles. The van der Waals surface area contributed by atoms with Crippen molar-refractivity contribution in [2.45, 2.75) is 0 Å². The molecule has 1 heterocycles. The molecule has 0 atom stereocenters. The number of nitrogens with zero attached hydrogens (tertiary/aromatic N) is 1. The smallest absolute Gasteiger partial charge is 0.171 e. The van der Waals surface area contributed by atoms with Crippen LogP contribution < -0.4 is 16.0 Å². The summed E-state index contributed by atoms with van der Waals surface area (Å²) >= 11 is 0. The van der Waals surface area contributed by atoms with Crippen molar-refractivity contribution >= 4 is 11.7 Å². The molecule has 0 amide bonds. The van der Waals surface area contributed by atoms with Gasteiger partial charge in [0.25, 0.3) is 0 Å². The number of pyridine rings is 1. The van der Waals surface area contributed by atoms with E-state index in [1.165, 1.54) is 19.4 Å². The molecule has 1 rings (SSSR count). The summed E-state index contributed by atoms with van der Waals surface area (Å²) in [6.45, 7) is 0. The zero-order valence-electron chi connectivity index (χ0n) is 7.03. The van der Waals surface area contributed by atoms with Gasteiger partial charge in [0, 0.05) is 6.20 Å². The minimum Gasteiger partial charge on any atom is -0.492 e. The van der Waals surface area contributed by atoms with E-state index < -0.39 is 0 Å². The Kier molecular flexibility index (Phi) is 2.65. The zero-order chi connectivity index (χ0) is 9.84. The molecule has 1 aromatic rings. The molecule has 0 aliphatic heterocycles. The van der Waals surface area contributed by atoms with Gasteiger partial charge >= 0.3 is 0 Å². The zero-order valence-corrected chi connectivity index (χ0v) is 7.03. The summed E-state index contributed by atoms with van der Waals surface area (Å²) in [6, 6.07) is 1.51. The Morgan fingerprint density at radius 1 is 1.77 bits per heavy atom. The fraction of sp³-hybridized carbons (Fsp3) is 0.143. The van der Waals surface area contributed by atoms with Gasteiger partial charge in [0.05, 0.1) is 12.7 Å². The van der Waals surface area contributed by atoms with E-state index in [-0.39, 0.29) is 17.4 Å². The molecule has 0 saturated heterocycles. The topological polar surface area (TPSA) is 104 Å². The number of ether oxygens (including phenoxy) is 1. The Labute approximate surface area is 74.8 Å². The molecule has 6 heteroatoms. The van der Waals surface area contributed by atoms with Gasteiger partial charge in [-0.15, -0.1) is 0 Å². The SMILES string of the molecule is COc1c(C(=N)NO)ccnc1N. The second-order valence-electron chi connectivity index (χ2n) is 2.26. The van der Waals surface area contributed by atoms with Crippen LogP contribution in [0.5, 0.6) is 5.75 Å². The second kappa shape index (κ2) is 3.72. The van der Waals surface area contributed by atoms with Crippen LogP contribution in [-0.2, 0) is 0 Å². The van der Waals surface area contributed by atoms with Crippen LogP contribution in [0.1, 0.15) is 5.56 Å². The summed E-state index contributed by atoms with van der Waals surface area (Å²) in [5.41, 5.74) is 7.54. The fourth-order valence-electron chi connectivity index (χ4n) is 0.936. The lowest BCUT2D eigenvalue weighted by Gasteiger charge is -2.09. The van der Waals surface area contributed by atoms with Crippen molar-refractivity contribution < 1.29 is 9.94 Å². The van der Waals surface area contributed by atoms with Gasteiger partial charge in [-0.05, 0) is 6.07 Å². The monoisotopic (exact) mass is 182 g/mol. The summed E-state index contributed by atoms with van der Waals surface area (Å²) in [5.74, 6) is 0.264. The lowest BCUT2D eigenvalue weighted by Crippen LogP contribution is -2.20. The highest BCUT2D eigenvalue weighted by atomic mass is 16.5. The summed E-state index contributed by atoms with van der Waals surface area (Å²) in [5, 5.41) is 15.8. The predicted molar refractivity (Wildman–Crippen MR) is 47.0 cm³/mol. The van der Waals surface area contributed by atoms with Crippen LogP contribution in [-0.4, -0.2) is 23.1 Å². The van der Waals surface area contributed by atoms with E-state index in [1.54, 1.807) is 5.48 Å². The number of nitrogen functional groups attached to an aromatic ring is 1. The molecule has 0 aliphatic carbocycles. The highest BCUT2D eigenvalue weighted by Gasteiger charge is 2.11. The van der Waals surface area contributed by atoms with E-state index in [0.29, 0.717) is 5.56 Å². The molecule has 5 N–H and O–H groups in total. The van der Waals surface area contributed by atoms with Gasteiger partial charge in [-0.3, -0.25) is 16.1 Å². The first kappa shape index (κ1) is 9.27. The third-order valence-electron chi connectivity index (χ3n) is 1.52. The van der Waals surface area contributed by atoms with Gasteiger partial charge in [-0.25, -0.2) is 4.98 Å². The summed E-state index contributed by atoms with van der Waals surface area (Å²) in [4.78, 5) is 3.77. The minimum atomic E-state index is -0.189. The number of nitrogens with one attached hydrogen (secondary N) is 2. The average molecular weight is 182 g/mol. The van der Waals surface area contributed by atoms with Crippen LogP contribution >= 0.6 is 0 Å². The first-order chi connectivity index (χ1) is 6.20. The van der Waals surface area contributed by atoms with Crippen molar-refractivity contribution in [1.82, 2.24) is 10.5 Å². The normalized spacial score (nSPS) is 9.38. The van der Waals surface area contributed by atoms with Crippen LogP contribution in [0.2, 0.25) is 0 Å². The number of anilines is 1. The van der Waals surface area contributed by atoms with Crippen LogP contribution in [0.4, 0.5) is 5.82 Å². The van der Waals surface area contributed by atoms with E-state index in [2.05, 4.69) is 4.98 Å². The van der Waals surface area contributed by atoms with Crippen molar-refractivity contribution in [3.05, 3.63) is 17.8 Å². The Bertz CT molecular complexity index is 326. The maximum Gasteiger partial charge on any atom is 0.171 e. The number of amidine groups is 1. The molecule has 0 unspecified atom stereocenters. The number of rotatable bonds is 2. The Morgan fingerprint density at radius 3 is 3.00 bits per heavy atom. The van der Waals surface area contributed by atoms with Crippen LogP contribution in [0.3, 0.4) is 0 Å². The maximum atomic E-state index is 8.51. The van der Waals surface area contributed by atoms with E-state index in [9.17, 15) is 0 Å². The Balaban J connectivity index is 3.20. The Morgan fingerprint density at radius 2 is 2.46 bits per heavy atom. The van der Waals surface area contributed by atoms with E-state index in [1.807, 2.05) is 0 Å². The lowest BCUT2D eigenvalue weighted by atomic mass is 10.2. The van der Waals surface area contributed by atoms with Gasteiger partial charge in [0.15, 0.2) is 17.4 Å². The Hall–Kier alpha value is -1.82. The molecule has 0 radical (unpaired) electrons. The highest BCUT2D eigenvalue weighted by molar-refractivity contribution is 5.99. The first-order valence-electron chi connectivity index (χ1n) is 3.48. The first-order valence-corrected chi connectivity index (χ1v) is 3.48. The van der Waals surface area contributed by atoms with Crippen LogP contribution in [0, 0.1) is 5.41 Å². The largest absolute Gasteiger partial charge is 0.492 e. The van der Waals surface area contributed by atoms with Crippen molar-refractivity contribution in [2.75, 3.05) is 12.8 Å². The lowest BCUT2D eigenvalue weighted by molar-refractivity contribution is 0.233. The van der Waals surface area contributed by atoms with Crippen LogP contribution in [0.15, 0.2) is 12.3 Å². The standard InChI is InChI=1S/C7H10N4O2/c1-13-5-4(6(8)11-12)2-3-10-7(5)9/h2-3,12H,1H3,(H2,8,11)(H2,9,10). The summed E-state index contributed by atoms with van der Waals surface area (Å²) < 4.78 is 4.92. The van der Waals surface area contributed by atoms with E-state index >= 15 is 0 Å². The maximum absolute atomic E-state index is 8.51. The van der Waals surface area contributed by atoms with Gasteiger partial charge < -0.3 is 10.5 Å². The molecule has 13 heavy (non-hydrogen) atoms. The van der Waals surface area contributed by atoms with Gasteiger partial charge in [-0.1, -0.05) is 0 Å². The molecular weight excluding hydrogens is 172 g/mol. The molecule has 0 aliphatic rings. The number of aromatic nitrogens is 1.